The molecule has 1 aromatic heterocycles. The SMILES string of the molecule is COC(CNC(=O)C(=O)Nc1ccccc1C#N)c1ccc(Cl)s1. The molecule has 0 saturated carbocycles. The van der Waals surface area contributed by atoms with Gasteiger partial charge in [-0.3, -0.25) is 9.59 Å². The summed E-state index contributed by atoms with van der Waals surface area (Å²) in [6.07, 6.45) is -0.398. The van der Waals surface area contributed by atoms with Gasteiger partial charge in [0.25, 0.3) is 0 Å². The molecule has 0 aliphatic heterocycles. The number of halogens is 1. The minimum atomic E-state index is -0.850. The Morgan fingerprint density at radius 1 is 1.29 bits per heavy atom. The van der Waals surface area contributed by atoms with Crippen molar-refractivity contribution in [1.29, 1.82) is 5.26 Å². The van der Waals surface area contributed by atoms with Crippen LogP contribution in [0.2, 0.25) is 4.34 Å². The Morgan fingerprint density at radius 3 is 2.67 bits per heavy atom. The number of methoxy groups -OCH3 is 1. The number of hydrogen-bond acceptors (Lipinski definition) is 5. The molecule has 1 atom stereocenters. The maximum absolute atomic E-state index is 11.9. The predicted molar refractivity (Wildman–Crippen MR) is 91.9 cm³/mol. The fourth-order valence-corrected chi connectivity index (χ4v) is 3.07. The van der Waals surface area contributed by atoms with Gasteiger partial charge in [0, 0.05) is 18.5 Å². The number of carbonyl (C=O) groups excluding carboxylic acids is 2. The van der Waals surface area contributed by atoms with Crippen molar-refractivity contribution in [3.05, 3.63) is 51.2 Å². The molecule has 2 amide bonds. The second-order valence-corrected chi connectivity index (χ2v) is 6.43. The van der Waals surface area contributed by atoms with Crippen LogP contribution in [0.3, 0.4) is 0 Å². The van der Waals surface area contributed by atoms with Crippen LogP contribution >= 0.6 is 22.9 Å². The molecule has 0 radical (unpaired) electrons. The summed E-state index contributed by atoms with van der Waals surface area (Å²) < 4.78 is 5.91. The van der Waals surface area contributed by atoms with Gasteiger partial charge in [-0.05, 0) is 24.3 Å². The zero-order chi connectivity index (χ0) is 17.5. The lowest BCUT2D eigenvalue weighted by molar-refractivity contribution is -0.136. The summed E-state index contributed by atoms with van der Waals surface area (Å²) >= 11 is 7.22. The highest BCUT2D eigenvalue weighted by Crippen LogP contribution is 2.28. The summed E-state index contributed by atoms with van der Waals surface area (Å²) in [5, 5.41) is 13.9. The maximum atomic E-state index is 11.9. The third-order valence-electron chi connectivity index (χ3n) is 3.15. The van der Waals surface area contributed by atoms with Crippen molar-refractivity contribution in [1.82, 2.24) is 5.32 Å². The average Bonchev–Trinajstić information content (AvgIpc) is 3.02. The van der Waals surface area contributed by atoms with Crippen LogP contribution in [0.15, 0.2) is 36.4 Å². The number of rotatable bonds is 5. The number of amides is 2. The van der Waals surface area contributed by atoms with E-state index < -0.39 is 17.9 Å². The van der Waals surface area contributed by atoms with E-state index in [1.165, 1.54) is 18.4 Å². The van der Waals surface area contributed by atoms with Crippen molar-refractivity contribution in [3.63, 3.8) is 0 Å². The largest absolute Gasteiger partial charge is 0.374 e. The van der Waals surface area contributed by atoms with Gasteiger partial charge in [-0.15, -0.1) is 11.3 Å². The summed E-state index contributed by atoms with van der Waals surface area (Å²) in [5.41, 5.74) is 0.565. The Bertz CT molecular complexity index is 785. The molecule has 6 nitrogen and oxygen atoms in total. The van der Waals surface area contributed by atoms with E-state index in [1.54, 1.807) is 36.4 Å². The molecule has 0 aliphatic carbocycles. The van der Waals surface area contributed by atoms with Gasteiger partial charge >= 0.3 is 11.8 Å². The highest BCUT2D eigenvalue weighted by molar-refractivity contribution is 7.16. The third kappa shape index (κ3) is 4.55. The van der Waals surface area contributed by atoms with Crippen LogP contribution in [0.1, 0.15) is 16.5 Å². The topological polar surface area (TPSA) is 91.2 Å². The molecule has 0 saturated heterocycles. The van der Waals surface area contributed by atoms with Crippen LogP contribution in [0.4, 0.5) is 5.69 Å². The van der Waals surface area contributed by atoms with Crippen LogP contribution < -0.4 is 10.6 Å². The van der Waals surface area contributed by atoms with Crippen molar-refractivity contribution < 1.29 is 14.3 Å². The van der Waals surface area contributed by atoms with Crippen molar-refractivity contribution in [3.8, 4) is 6.07 Å². The number of thiophene rings is 1. The molecule has 1 aromatic carbocycles. The van der Waals surface area contributed by atoms with Crippen LogP contribution in [0.5, 0.6) is 0 Å². The average molecular weight is 364 g/mol. The van der Waals surface area contributed by atoms with Gasteiger partial charge in [0.1, 0.15) is 12.2 Å². The zero-order valence-corrected chi connectivity index (χ0v) is 14.3. The maximum Gasteiger partial charge on any atom is 0.313 e. The Morgan fingerprint density at radius 2 is 2.04 bits per heavy atom. The summed E-state index contributed by atoms with van der Waals surface area (Å²) in [7, 11) is 1.51. The van der Waals surface area contributed by atoms with Crippen molar-refractivity contribution in [2.45, 2.75) is 6.10 Å². The number of nitrogens with zero attached hydrogens (tertiary/aromatic N) is 1. The molecule has 8 heteroatoms. The molecule has 24 heavy (non-hydrogen) atoms. The van der Waals surface area contributed by atoms with E-state index in [4.69, 9.17) is 21.6 Å². The lowest BCUT2D eigenvalue weighted by atomic mass is 10.2. The number of carbonyl (C=O) groups is 2. The number of ether oxygens (including phenoxy) is 1. The first kappa shape index (κ1) is 17.9. The molecular weight excluding hydrogens is 350 g/mol. The van der Waals surface area contributed by atoms with E-state index in [2.05, 4.69) is 10.6 Å². The first-order chi connectivity index (χ1) is 11.5. The molecule has 1 unspecified atom stereocenters. The molecule has 124 valence electrons. The fraction of sp³-hybridized carbons (Fsp3) is 0.188. The number of nitrogens with one attached hydrogen (secondary N) is 2. The standard InChI is InChI=1S/C16H14ClN3O3S/c1-23-12(13-6-7-14(17)24-13)9-19-15(21)16(22)20-11-5-3-2-4-10(11)8-18/h2-7,12H,9H2,1H3,(H,19,21)(H,20,22). The number of anilines is 1. The van der Waals surface area contributed by atoms with E-state index in [0.717, 1.165) is 4.88 Å². The molecule has 0 bridgehead atoms. The summed E-state index contributed by atoms with van der Waals surface area (Å²) in [5.74, 6) is -1.66. The van der Waals surface area contributed by atoms with Gasteiger partial charge < -0.3 is 15.4 Å². The Balaban J connectivity index is 1.94. The molecule has 0 spiro atoms. The highest BCUT2D eigenvalue weighted by atomic mass is 35.5. The second kappa shape index (κ2) is 8.45. The minimum absolute atomic E-state index is 0.124. The highest BCUT2D eigenvalue weighted by Gasteiger charge is 2.19. The smallest absolute Gasteiger partial charge is 0.313 e. The molecule has 0 aliphatic rings. The molecule has 2 N–H and O–H groups in total. The number of para-hydroxylation sites is 1. The Labute approximate surface area is 148 Å². The fourth-order valence-electron chi connectivity index (χ4n) is 1.94. The summed E-state index contributed by atoms with van der Waals surface area (Å²) in [4.78, 5) is 24.7. The molecular formula is C16H14ClN3O3S. The first-order valence-corrected chi connectivity index (χ1v) is 8.11. The Kier molecular flexibility index (Phi) is 6.32. The van der Waals surface area contributed by atoms with E-state index in [9.17, 15) is 9.59 Å². The molecule has 1 heterocycles. The summed E-state index contributed by atoms with van der Waals surface area (Å²) in [6, 6.07) is 11.9. The second-order valence-electron chi connectivity index (χ2n) is 4.69. The van der Waals surface area contributed by atoms with Gasteiger partial charge in [-0.2, -0.15) is 5.26 Å². The van der Waals surface area contributed by atoms with Crippen molar-refractivity contribution in [2.75, 3.05) is 19.0 Å². The van der Waals surface area contributed by atoms with Crippen molar-refractivity contribution >= 4 is 40.4 Å². The van der Waals surface area contributed by atoms with Crippen LogP contribution in [0, 0.1) is 11.3 Å². The van der Waals surface area contributed by atoms with E-state index in [-0.39, 0.29) is 17.8 Å². The van der Waals surface area contributed by atoms with Gasteiger partial charge in [0.05, 0.1) is 15.6 Å². The van der Waals surface area contributed by atoms with E-state index in [0.29, 0.717) is 4.34 Å². The van der Waals surface area contributed by atoms with Gasteiger partial charge in [0.2, 0.25) is 0 Å². The lowest BCUT2D eigenvalue weighted by Gasteiger charge is -2.14. The number of benzene rings is 1. The van der Waals surface area contributed by atoms with Gasteiger partial charge in [-0.25, -0.2) is 0 Å². The third-order valence-corrected chi connectivity index (χ3v) is 4.47. The first-order valence-electron chi connectivity index (χ1n) is 6.91. The van der Waals surface area contributed by atoms with E-state index in [1.807, 2.05) is 6.07 Å². The quantitative estimate of drug-likeness (QED) is 0.799. The van der Waals surface area contributed by atoms with Crippen LogP contribution in [0.25, 0.3) is 0 Å². The predicted octanol–water partition coefficient (Wildman–Crippen LogP) is 2.72. The van der Waals surface area contributed by atoms with Gasteiger partial charge in [-0.1, -0.05) is 23.7 Å². The monoisotopic (exact) mass is 363 g/mol. The zero-order valence-electron chi connectivity index (χ0n) is 12.7. The molecule has 0 fully saturated rings. The number of hydrogen-bond donors (Lipinski definition) is 2. The van der Waals surface area contributed by atoms with Crippen LogP contribution in [-0.4, -0.2) is 25.5 Å². The van der Waals surface area contributed by atoms with Gasteiger partial charge in [0.15, 0.2) is 0 Å². The summed E-state index contributed by atoms with van der Waals surface area (Å²) in [6.45, 7) is 0.124. The molecule has 2 aromatic rings. The van der Waals surface area contributed by atoms with Crippen molar-refractivity contribution in [2.24, 2.45) is 0 Å². The van der Waals surface area contributed by atoms with E-state index >= 15 is 0 Å². The van der Waals surface area contributed by atoms with Crippen LogP contribution in [-0.2, 0) is 14.3 Å². The number of nitriles is 1. The minimum Gasteiger partial charge on any atom is -0.374 e. The molecule has 2 rings (SSSR count). The lowest BCUT2D eigenvalue weighted by Crippen LogP contribution is -2.38. The Hall–Kier alpha value is -2.40. The normalized spacial score (nSPS) is 11.4.